The Morgan fingerprint density at radius 1 is 1.20 bits per heavy atom. The second-order valence-electron chi connectivity index (χ2n) is 3.57. The molecule has 2 heteroatoms. The topological polar surface area (TPSA) is 43.1 Å². The van der Waals surface area contributed by atoms with Crippen LogP contribution >= 0.6 is 0 Å². The van der Waals surface area contributed by atoms with Crippen molar-refractivity contribution in [3.63, 3.8) is 0 Å². The smallest absolute Gasteiger partial charge is 0.191 e. The van der Waals surface area contributed by atoms with E-state index in [-0.39, 0.29) is 5.78 Å². The zero-order chi connectivity index (χ0) is 10.7. The van der Waals surface area contributed by atoms with Gasteiger partial charge in [-0.1, -0.05) is 36.4 Å². The first-order valence-electron chi connectivity index (χ1n) is 5.04. The lowest BCUT2D eigenvalue weighted by atomic mass is 9.94. The van der Waals surface area contributed by atoms with Gasteiger partial charge in [0.05, 0.1) is 0 Å². The van der Waals surface area contributed by atoms with Gasteiger partial charge in [0.1, 0.15) is 0 Å². The Kier molecular flexibility index (Phi) is 2.68. The lowest BCUT2D eigenvalue weighted by Gasteiger charge is -2.11. The number of rotatable bonds is 2. The molecule has 1 aliphatic carbocycles. The fourth-order valence-electron chi connectivity index (χ4n) is 1.69. The Morgan fingerprint density at radius 3 is 2.60 bits per heavy atom. The zero-order valence-corrected chi connectivity index (χ0v) is 8.44. The van der Waals surface area contributed by atoms with E-state index in [0.717, 1.165) is 18.4 Å². The first-order valence-corrected chi connectivity index (χ1v) is 5.04. The molecule has 0 amide bonds. The molecule has 2 N–H and O–H groups in total. The SMILES string of the molecule is NC1=C(C(=O)c2ccccc2)CCC=C1. The minimum absolute atomic E-state index is 0.0532. The first kappa shape index (κ1) is 9.71. The van der Waals surface area contributed by atoms with E-state index in [1.807, 2.05) is 42.5 Å². The number of benzene rings is 1. The lowest BCUT2D eigenvalue weighted by molar-refractivity contribution is 0.102. The van der Waals surface area contributed by atoms with Crippen molar-refractivity contribution in [3.8, 4) is 0 Å². The summed E-state index contributed by atoms with van der Waals surface area (Å²) in [4.78, 5) is 12.0. The molecule has 1 aliphatic rings. The molecule has 2 rings (SSSR count). The van der Waals surface area contributed by atoms with Crippen LogP contribution in [0.3, 0.4) is 0 Å². The van der Waals surface area contributed by atoms with Crippen LogP contribution in [0.1, 0.15) is 23.2 Å². The third-order valence-corrected chi connectivity index (χ3v) is 2.52. The Morgan fingerprint density at radius 2 is 1.93 bits per heavy atom. The standard InChI is InChI=1S/C13H13NO/c14-12-9-5-4-8-11(12)13(15)10-6-2-1-3-7-10/h1-3,5-7,9H,4,8,14H2. The molecule has 0 saturated carbocycles. The van der Waals surface area contributed by atoms with Gasteiger partial charge < -0.3 is 5.73 Å². The van der Waals surface area contributed by atoms with E-state index in [1.54, 1.807) is 0 Å². The zero-order valence-electron chi connectivity index (χ0n) is 8.44. The normalized spacial score (nSPS) is 15.5. The fourth-order valence-corrected chi connectivity index (χ4v) is 1.69. The van der Waals surface area contributed by atoms with E-state index in [2.05, 4.69) is 0 Å². The predicted molar refractivity (Wildman–Crippen MR) is 60.4 cm³/mol. The Hall–Kier alpha value is -1.83. The minimum Gasteiger partial charge on any atom is -0.398 e. The van der Waals surface area contributed by atoms with E-state index in [4.69, 9.17) is 5.73 Å². The summed E-state index contributed by atoms with van der Waals surface area (Å²) in [6, 6.07) is 9.27. The number of allylic oxidation sites excluding steroid dienone is 3. The molecule has 0 unspecified atom stereocenters. The van der Waals surface area contributed by atoms with Gasteiger partial charge in [-0.2, -0.15) is 0 Å². The number of ketones is 1. The third-order valence-electron chi connectivity index (χ3n) is 2.52. The monoisotopic (exact) mass is 199 g/mol. The summed E-state index contributed by atoms with van der Waals surface area (Å²) >= 11 is 0. The van der Waals surface area contributed by atoms with Crippen LogP contribution in [0.4, 0.5) is 0 Å². The van der Waals surface area contributed by atoms with Gasteiger partial charge in [0.25, 0.3) is 0 Å². The summed E-state index contributed by atoms with van der Waals surface area (Å²) in [6.07, 6.45) is 5.46. The first-order chi connectivity index (χ1) is 7.29. The van der Waals surface area contributed by atoms with Crippen molar-refractivity contribution >= 4 is 5.78 Å². The molecule has 0 heterocycles. The van der Waals surface area contributed by atoms with Gasteiger partial charge in [-0.25, -0.2) is 0 Å². The molecule has 0 aliphatic heterocycles. The minimum atomic E-state index is 0.0532. The maximum absolute atomic E-state index is 12.0. The molecule has 0 fully saturated rings. The van der Waals surface area contributed by atoms with Gasteiger partial charge in [0.15, 0.2) is 5.78 Å². The van der Waals surface area contributed by atoms with E-state index in [0.29, 0.717) is 11.3 Å². The summed E-state index contributed by atoms with van der Waals surface area (Å²) < 4.78 is 0. The molecule has 1 aromatic carbocycles. The summed E-state index contributed by atoms with van der Waals surface area (Å²) in [7, 11) is 0. The molecule has 0 radical (unpaired) electrons. The molecule has 2 nitrogen and oxygen atoms in total. The quantitative estimate of drug-likeness (QED) is 0.743. The van der Waals surface area contributed by atoms with Crippen LogP contribution in [-0.2, 0) is 0 Å². The van der Waals surface area contributed by atoms with Crippen molar-refractivity contribution in [2.24, 2.45) is 5.73 Å². The van der Waals surface area contributed by atoms with Gasteiger partial charge in [-0.05, 0) is 18.9 Å². The number of carbonyl (C=O) groups is 1. The van der Waals surface area contributed by atoms with E-state index >= 15 is 0 Å². The van der Waals surface area contributed by atoms with Crippen LogP contribution < -0.4 is 5.73 Å². The number of Topliss-reactive ketones (excluding diaryl/α,β-unsaturated/α-hetero) is 1. The highest BCUT2D eigenvalue weighted by atomic mass is 16.1. The van der Waals surface area contributed by atoms with Crippen LogP contribution in [0, 0.1) is 0 Å². The fraction of sp³-hybridized carbons (Fsp3) is 0.154. The Labute approximate surface area is 89.1 Å². The average molecular weight is 199 g/mol. The second-order valence-corrected chi connectivity index (χ2v) is 3.57. The lowest BCUT2D eigenvalue weighted by Crippen LogP contribution is -2.12. The Balaban J connectivity index is 2.33. The van der Waals surface area contributed by atoms with Crippen LogP contribution in [0.15, 0.2) is 53.8 Å². The number of hydrogen-bond donors (Lipinski definition) is 1. The van der Waals surface area contributed by atoms with Gasteiger partial charge >= 0.3 is 0 Å². The second kappa shape index (κ2) is 4.13. The van der Waals surface area contributed by atoms with Crippen molar-refractivity contribution in [1.29, 1.82) is 0 Å². The predicted octanol–water partition coefficient (Wildman–Crippen LogP) is 2.43. The van der Waals surface area contributed by atoms with Crippen LogP contribution in [0.5, 0.6) is 0 Å². The van der Waals surface area contributed by atoms with E-state index in [1.165, 1.54) is 0 Å². The van der Waals surface area contributed by atoms with Gasteiger partial charge in [-0.3, -0.25) is 4.79 Å². The number of carbonyl (C=O) groups excluding carboxylic acids is 1. The summed E-state index contributed by atoms with van der Waals surface area (Å²) in [5, 5.41) is 0. The highest BCUT2D eigenvalue weighted by Crippen LogP contribution is 2.19. The molecule has 0 spiro atoms. The summed E-state index contributed by atoms with van der Waals surface area (Å²) in [6.45, 7) is 0. The molecule has 76 valence electrons. The molecular weight excluding hydrogens is 186 g/mol. The largest absolute Gasteiger partial charge is 0.398 e. The average Bonchev–Trinajstić information content (AvgIpc) is 2.30. The third kappa shape index (κ3) is 1.99. The molecule has 0 atom stereocenters. The maximum Gasteiger partial charge on any atom is 0.191 e. The van der Waals surface area contributed by atoms with Crippen molar-refractivity contribution in [3.05, 3.63) is 59.3 Å². The van der Waals surface area contributed by atoms with Crippen molar-refractivity contribution in [2.75, 3.05) is 0 Å². The van der Waals surface area contributed by atoms with Gasteiger partial charge in [0, 0.05) is 16.8 Å². The van der Waals surface area contributed by atoms with Crippen LogP contribution in [0.25, 0.3) is 0 Å². The molecule has 15 heavy (non-hydrogen) atoms. The molecule has 0 bridgehead atoms. The van der Waals surface area contributed by atoms with Crippen molar-refractivity contribution in [1.82, 2.24) is 0 Å². The van der Waals surface area contributed by atoms with Crippen LogP contribution in [-0.4, -0.2) is 5.78 Å². The number of nitrogens with two attached hydrogens (primary N) is 1. The van der Waals surface area contributed by atoms with Crippen LogP contribution in [0.2, 0.25) is 0 Å². The summed E-state index contributed by atoms with van der Waals surface area (Å²) in [5.74, 6) is 0.0532. The van der Waals surface area contributed by atoms with Gasteiger partial charge in [0.2, 0.25) is 0 Å². The summed E-state index contributed by atoms with van der Waals surface area (Å²) in [5.41, 5.74) is 7.85. The maximum atomic E-state index is 12.0. The van der Waals surface area contributed by atoms with E-state index in [9.17, 15) is 4.79 Å². The molecule has 1 aromatic rings. The van der Waals surface area contributed by atoms with E-state index < -0.39 is 0 Å². The number of hydrogen-bond acceptors (Lipinski definition) is 2. The molecule has 0 saturated heterocycles. The highest BCUT2D eigenvalue weighted by Gasteiger charge is 2.15. The van der Waals surface area contributed by atoms with Gasteiger partial charge in [-0.15, -0.1) is 0 Å². The molecule has 0 aromatic heterocycles. The molecular formula is C13H13NO. The van der Waals surface area contributed by atoms with Crippen molar-refractivity contribution in [2.45, 2.75) is 12.8 Å². The van der Waals surface area contributed by atoms with Crippen molar-refractivity contribution < 1.29 is 4.79 Å². The Bertz CT molecular complexity index is 429. The highest BCUT2D eigenvalue weighted by molar-refractivity contribution is 6.09.